The fourth-order valence-electron chi connectivity index (χ4n) is 9.09. The Morgan fingerprint density at radius 3 is 2.70 bits per heavy atom. The van der Waals surface area contributed by atoms with Crippen LogP contribution in [0.5, 0.6) is 11.5 Å². The summed E-state index contributed by atoms with van der Waals surface area (Å²) in [7, 11) is 0. The monoisotopic (exact) mass is 622 g/mol. The third kappa shape index (κ3) is 3.79. The molecule has 1 spiro atoms. The highest BCUT2D eigenvalue weighted by atomic mass is 35.5. The Labute approximate surface area is 262 Å². The molecule has 2 saturated carbocycles. The summed E-state index contributed by atoms with van der Waals surface area (Å²) in [6, 6.07) is 9.57. The van der Waals surface area contributed by atoms with Crippen molar-refractivity contribution in [3.05, 3.63) is 58.1 Å². The van der Waals surface area contributed by atoms with Crippen LogP contribution in [0.25, 0.3) is 0 Å². The summed E-state index contributed by atoms with van der Waals surface area (Å²) in [5.41, 5.74) is -0.478. The van der Waals surface area contributed by atoms with Gasteiger partial charge in [-0.3, -0.25) is 14.6 Å². The number of hydrogen-bond donors (Lipinski definition) is 2. The number of hydrogen-bond acceptors (Lipinski definition) is 8. The van der Waals surface area contributed by atoms with Crippen molar-refractivity contribution >= 4 is 23.5 Å². The van der Waals surface area contributed by atoms with E-state index in [2.05, 4.69) is 4.90 Å². The first-order chi connectivity index (χ1) is 20.9. The molecule has 2 aromatic carbocycles. The number of amides is 1. The van der Waals surface area contributed by atoms with Crippen LogP contribution in [0.3, 0.4) is 0 Å². The van der Waals surface area contributed by atoms with Gasteiger partial charge >= 0.3 is 6.09 Å². The fourth-order valence-corrected chi connectivity index (χ4v) is 9.28. The summed E-state index contributed by atoms with van der Waals surface area (Å²) < 4.78 is 18.6. The number of nitrogens with zero attached hydrogens (tertiary/aromatic N) is 2. The molecule has 2 aromatic rings. The van der Waals surface area contributed by atoms with Crippen molar-refractivity contribution in [2.24, 2.45) is 5.92 Å². The SMILES string of the molecule is CC1N(C(=O)Oc2ccc3c4c2O[C@H]2C(=O)CC[C@@]5(O)[C@@H](C3)N(CC3CC3)CC[C@]425)C(C)(C)COC1(O)c1cccc(Cl)c1. The number of likely N-dealkylation sites (tertiary alicyclic amines) is 1. The highest BCUT2D eigenvalue weighted by Gasteiger charge is 2.73. The molecular formula is C34H39ClN2O7. The number of carbonyl (C=O) groups is 2. The molecule has 3 aliphatic carbocycles. The molecule has 4 fully saturated rings. The van der Waals surface area contributed by atoms with Gasteiger partial charge < -0.3 is 24.4 Å². The first-order valence-electron chi connectivity index (χ1n) is 15.8. The van der Waals surface area contributed by atoms with Gasteiger partial charge in [-0.15, -0.1) is 0 Å². The zero-order valence-electron chi connectivity index (χ0n) is 25.3. The van der Waals surface area contributed by atoms with E-state index in [4.69, 9.17) is 25.8 Å². The highest BCUT2D eigenvalue weighted by Crippen LogP contribution is 2.65. The number of Topliss-reactive ketones (excluding diaryl/α,β-unsaturated/α-hetero) is 1. The molecular weight excluding hydrogens is 584 g/mol. The Hall–Kier alpha value is -2.69. The van der Waals surface area contributed by atoms with Crippen LogP contribution in [-0.2, 0) is 27.2 Å². The Morgan fingerprint density at radius 2 is 1.95 bits per heavy atom. The standard InChI is InChI=1S/C34H39ClN2O7/c1-19-34(41,22-5-4-6-23(35)16-22)42-18-31(2,3)37(19)30(39)43-25-10-9-21-15-26-33(40)12-11-24(38)29-32(33,27(21)28(25)44-29)13-14-36(26)17-20-7-8-20/h4-6,9-10,16,19-20,26,29,40-41H,7-8,11-15,17-18H2,1-3H3/t19?,26-,29+,32+,33-,34?/m1/s1. The minimum absolute atomic E-state index is 0.0140. The first kappa shape index (κ1) is 28.8. The van der Waals surface area contributed by atoms with E-state index < -0.39 is 40.6 Å². The average Bonchev–Trinajstić information content (AvgIpc) is 3.72. The van der Waals surface area contributed by atoms with Crippen molar-refractivity contribution < 1.29 is 34.0 Å². The van der Waals surface area contributed by atoms with E-state index in [0.717, 1.165) is 24.2 Å². The average molecular weight is 623 g/mol. The van der Waals surface area contributed by atoms with Crippen molar-refractivity contribution in [3.63, 3.8) is 0 Å². The topological polar surface area (TPSA) is 109 Å². The summed E-state index contributed by atoms with van der Waals surface area (Å²) in [5, 5.41) is 24.7. The number of morpholine rings is 1. The van der Waals surface area contributed by atoms with Gasteiger partial charge in [0.1, 0.15) is 0 Å². The third-order valence-electron chi connectivity index (χ3n) is 11.4. The molecule has 1 amide bonds. The van der Waals surface area contributed by atoms with Gasteiger partial charge in [0.05, 0.1) is 29.2 Å². The largest absolute Gasteiger partial charge is 0.477 e. The van der Waals surface area contributed by atoms with E-state index in [-0.39, 0.29) is 30.6 Å². The second-order valence-corrected chi connectivity index (χ2v) is 14.9. The number of ether oxygens (including phenoxy) is 3. The minimum Gasteiger partial charge on any atom is -0.477 e. The molecule has 2 saturated heterocycles. The maximum absolute atomic E-state index is 14.1. The lowest BCUT2D eigenvalue weighted by Gasteiger charge is -2.62. The molecule has 3 heterocycles. The van der Waals surface area contributed by atoms with Crippen molar-refractivity contribution in [1.82, 2.24) is 9.80 Å². The van der Waals surface area contributed by atoms with Crippen molar-refractivity contribution in [1.29, 1.82) is 0 Å². The number of carbonyl (C=O) groups excluding carboxylic acids is 2. The number of aliphatic hydroxyl groups is 2. The number of ketones is 1. The Kier molecular flexibility index (Phi) is 6.16. The summed E-state index contributed by atoms with van der Waals surface area (Å²) in [4.78, 5) is 31.5. The molecule has 0 radical (unpaired) electrons. The van der Waals surface area contributed by atoms with Crippen LogP contribution < -0.4 is 9.47 Å². The van der Waals surface area contributed by atoms with Gasteiger partial charge in [-0.05, 0) is 89.1 Å². The maximum Gasteiger partial charge on any atom is 0.416 e. The number of benzene rings is 2. The van der Waals surface area contributed by atoms with Crippen LogP contribution in [0.1, 0.15) is 69.6 Å². The van der Waals surface area contributed by atoms with E-state index in [1.807, 2.05) is 19.9 Å². The zero-order valence-corrected chi connectivity index (χ0v) is 26.1. The molecule has 6 atom stereocenters. The van der Waals surface area contributed by atoms with Crippen molar-refractivity contribution in [3.8, 4) is 11.5 Å². The molecule has 10 heteroatoms. The summed E-state index contributed by atoms with van der Waals surface area (Å²) in [6.45, 7) is 7.25. The molecule has 8 rings (SSSR count). The Balaban J connectivity index is 1.16. The van der Waals surface area contributed by atoms with Crippen LogP contribution >= 0.6 is 11.6 Å². The van der Waals surface area contributed by atoms with E-state index in [1.165, 1.54) is 17.7 Å². The predicted molar refractivity (Wildman–Crippen MR) is 161 cm³/mol. The second-order valence-electron chi connectivity index (χ2n) is 14.4. The fraction of sp³-hybridized carbons (Fsp3) is 0.588. The van der Waals surface area contributed by atoms with Crippen LogP contribution in [-0.4, -0.2) is 80.9 Å². The van der Waals surface area contributed by atoms with Gasteiger partial charge in [0.15, 0.2) is 23.4 Å². The Bertz CT molecular complexity index is 1580. The molecule has 2 N–H and O–H groups in total. The van der Waals surface area contributed by atoms with Crippen LogP contribution in [0, 0.1) is 5.92 Å². The normalized spacial score (nSPS) is 36.9. The molecule has 2 bridgehead atoms. The van der Waals surface area contributed by atoms with Gasteiger partial charge in [-0.25, -0.2) is 4.79 Å². The summed E-state index contributed by atoms with van der Waals surface area (Å²) >= 11 is 6.23. The molecule has 2 unspecified atom stereocenters. The van der Waals surface area contributed by atoms with Crippen LogP contribution in [0.4, 0.5) is 4.79 Å². The quantitative estimate of drug-likeness (QED) is 0.519. The van der Waals surface area contributed by atoms with Gasteiger partial charge in [-0.1, -0.05) is 29.8 Å². The van der Waals surface area contributed by atoms with E-state index >= 15 is 0 Å². The van der Waals surface area contributed by atoms with Crippen molar-refractivity contribution in [2.75, 3.05) is 19.7 Å². The summed E-state index contributed by atoms with van der Waals surface area (Å²) in [6.07, 6.45) is 2.93. The van der Waals surface area contributed by atoms with Crippen LogP contribution in [0.2, 0.25) is 5.02 Å². The zero-order chi connectivity index (χ0) is 30.8. The van der Waals surface area contributed by atoms with E-state index in [1.54, 1.807) is 37.3 Å². The minimum atomic E-state index is -1.82. The predicted octanol–water partition coefficient (Wildman–Crippen LogP) is 4.32. The number of piperidine rings is 1. The molecule has 3 aliphatic heterocycles. The number of rotatable bonds is 4. The molecule has 9 nitrogen and oxygen atoms in total. The maximum atomic E-state index is 14.1. The van der Waals surface area contributed by atoms with Gasteiger partial charge in [0.2, 0.25) is 5.79 Å². The number of halogens is 1. The van der Waals surface area contributed by atoms with Crippen molar-refractivity contribution in [2.45, 2.75) is 99.8 Å². The molecule has 6 aliphatic rings. The van der Waals surface area contributed by atoms with E-state index in [0.29, 0.717) is 41.5 Å². The smallest absolute Gasteiger partial charge is 0.416 e. The lowest BCUT2D eigenvalue weighted by Crippen LogP contribution is -2.76. The summed E-state index contributed by atoms with van der Waals surface area (Å²) in [5.74, 6) is -0.543. The lowest BCUT2D eigenvalue weighted by molar-refractivity contribution is -0.293. The lowest BCUT2D eigenvalue weighted by atomic mass is 9.49. The van der Waals surface area contributed by atoms with Gasteiger partial charge in [0.25, 0.3) is 0 Å². The second kappa shape index (κ2) is 9.42. The highest BCUT2D eigenvalue weighted by molar-refractivity contribution is 6.30. The Morgan fingerprint density at radius 1 is 1.16 bits per heavy atom. The van der Waals surface area contributed by atoms with E-state index in [9.17, 15) is 19.8 Å². The molecule has 44 heavy (non-hydrogen) atoms. The molecule has 234 valence electrons. The van der Waals surface area contributed by atoms with Gasteiger partial charge in [0, 0.05) is 35.2 Å². The molecule has 0 aromatic heterocycles. The third-order valence-corrected chi connectivity index (χ3v) is 11.7. The van der Waals surface area contributed by atoms with Gasteiger partial charge in [-0.2, -0.15) is 0 Å². The first-order valence-corrected chi connectivity index (χ1v) is 16.2. The van der Waals surface area contributed by atoms with Crippen LogP contribution in [0.15, 0.2) is 36.4 Å².